The van der Waals surface area contributed by atoms with E-state index in [1.165, 1.54) is 0 Å². The zero-order valence-corrected chi connectivity index (χ0v) is 17.0. The number of alkyl carbamates (subject to hydrolysis) is 2. The Hall–Kier alpha value is -2.52. The Bertz CT molecular complexity index is 476. The van der Waals surface area contributed by atoms with Gasteiger partial charge in [-0.15, -0.1) is 0 Å². The first-order valence-corrected chi connectivity index (χ1v) is 8.75. The van der Waals surface area contributed by atoms with Crippen LogP contribution in [0.4, 0.5) is 9.59 Å². The molecular formula is C17H32N4O6. The molecule has 10 nitrogen and oxygen atoms in total. The van der Waals surface area contributed by atoms with Crippen LogP contribution in [-0.4, -0.2) is 61.4 Å². The van der Waals surface area contributed by atoms with Crippen molar-refractivity contribution in [2.45, 2.75) is 59.2 Å². The molecule has 0 aliphatic carbocycles. The molecule has 0 unspecified atom stereocenters. The van der Waals surface area contributed by atoms with Crippen LogP contribution in [0, 0.1) is 0 Å². The van der Waals surface area contributed by atoms with Crippen LogP contribution >= 0.6 is 0 Å². The molecule has 0 spiro atoms. The van der Waals surface area contributed by atoms with Crippen LogP contribution in [0.25, 0.3) is 0 Å². The largest absolute Gasteiger partial charge is 0.444 e. The average molecular weight is 388 g/mol. The minimum Gasteiger partial charge on any atom is -0.444 e. The summed E-state index contributed by atoms with van der Waals surface area (Å²) in [6.07, 6.45) is -0.833. The van der Waals surface area contributed by atoms with E-state index < -0.39 is 23.4 Å². The molecule has 0 fully saturated rings. The number of carbonyl (C=O) groups is 4. The molecule has 0 heterocycles. The molecule has 4 N–H and O–H groups in total. The number of nitrogens with one attached hydrogen (secondary N) is 4. The Balaban J connectivity index is 3.72. The highest BCUT2D eigenvalue weighted by molar-refractivity contribution is 5.82. The summed E-state index contributed by atoms with van der Waals surface area (Å²) in [6, 6.07) is 0. The Morgan fingerprint density at radius 1 is 0.630 bits per heavy atom. The summed E-state index contributed by atoms with van der Waals surface area (Å²) in [4.78, 5) is 45.9. The van der Waals surface area contributed by atoms with Crippen molar-refractivity contribution in [2.24, 2.45) is 0 Å². The number of ether oxygens (including phenoxy) is 2. The third kappa shape index (κ3) is 16.7. The van der Waals surface area contributed by atoms with E-state index in [9.17, 15) is 19.2 Å². The predicted molar refractivity (Wildman–Crippen MR) is 99.1 cm³/mol. The normalized spacial score (nSPS) is 11.2. The molecule has 0 bridgehead atoms. The van der Waals surface area contributed by atoms with E-state index >= 15 is 0 Å². The van der Waals surface area contributed by atoms with Crippen LogP contribution in [0.3, 0.4) is 0 Å². The first kappa shape index (κ1) is 24.5. The van der Waals surface area contributed by atoms with Gasteiger partial charge in [0.05, 0.1) is 13.1 Å². The molecule has 0 aromatic heterocycles. The molecule has 0 saturated heterocycles. The van der Waals surface area contributed by atoms with Crippen molar-refractivity contribution in [1.82, 2.24) is 21.3 Å². The smallest absolute Gasteiger partial charge is 0.408 e. The molecule has 156 valence electrons. The second-order valence-electron chi connectivity index (χ2n) is 7.76. The summed E-state index contributed by atoms with van der Waals surface area (Å²) in [5.41, 5.74) is -1.26. The summed E-state index contributed by atoms with van der Waals surface area (Å²) in [6.45, 7) is 10.6. The van der Waals surface area contributed by atoms with Crippen LogP contribution < -0.4 is 21.3 Å². The van der Waals surface area contributed by atoms with Gasteiger partial charge in [-0.1, -0.05) is 0 Å². The third-order valence-corrected chi connectivity index (χ3v) is 2.58. The van der Waals surface area contributed by atoms with E-state index in [1.54, 1.807) is 41.5 Å². The van der Waals surface area contributed by atoms with E-state index in [1.807, 2.05) is 0 Å². The highest BCUT2D eigenvalue weighted by Gasteiger charge is 2.17. The van der Waals surface area contributed by atoms with Gasteiger partial charge < -0.3 is 30.7 Å². The van der Waals surface area contributed by atoms with Gasteiger partial charge in [0.2, 0.25) is 11.8 Å². The van der Waals surface area contributed by atoms with Crippen LogP contribution in [-0.2, 0) is 19.1 Å². The van der Waals surface area contributed by atoms with Gasteiger partial charge in [0.1, 0.15) is 11.2 Å². The Morgan fingerprint density at radius 3 is 1.26 bits per heavy atom. The summed E-state index contributed by atoms with van der Waals surface area (Å²) < 4.78 is 10.0. The average Bonchev–Trinajstić information content (AvgIpc) is 2.47. The fourth-order valence-corrected chi connectivity index (χ4v) is 1.60. The monoisotopic (exact) mass is 388 g/mol. The molecule has 0 aromatic rings. The highest BCUT2D eigenvalue weighted by atomic mass is 16.6. The van der Waals surface area contributed by atoms with Crippen molar-refractivity contribution in [2.75, 3.05) is 26.2 Å². The molecule has 0 radical (unpaired) electrons. The Kier molecular flexibility index (Phi) is 10.2. The SMILES string of the molecule is CC(C)(C)OC(=O)NCC(=O)NCCCNC(=O)CNC(=O)OC(C)(C)C. The molecule has 0 saturated carbocycles. The molecule has 0 atom stereocenters. The first-order chi connectivity index (χ1) is 12.3. The zero-order valence-electron chi connectivity index (χ0n) is 17.0. The summed E-state index contributed by atoms with van der Waals surface area (Å²) in [5, 5.41) is 9.89. The maximum absolute atomic E-state index is 11.6. The van der Waals surface area contributed by atoms with E-state index in [-0.39, 0.29) is 24.9 Å². The number of hydrogen-bond donors (Lipinski definition) is 4. The van der Waals surface area contributed by atoms with Crippen molar-refractivity contribution in [3.8, 4) is 0 Å². The third-order valence-electron chi connectivity index (χ3n) is 2.58. The summed E-state index contributed by atoms with van der Waals surface area (Å²) >= 11 is 0. The minimum atomic E-state index is -0.664. The fourth-order valence-electron chi connectivity index (χ4n) is 1.60. The lowest BCUT2D eigenvalue weighted by molar-refractivity contribution is -0.120. The van der Waals surface area contributed by atoms with Gasteiger partial charge in [0, 0.05) is 13.1 Å². The van der Waals surface area contributed by atoms with E-state index in [2.05, 4.69) is 21.3 Å². The minimum absolute atomic E-state index is 0.193. The maximum atomic E-state index is 11.6. The lowest BCUT2D eigenvalue weighted by Crippen LogP contribution is -2.41. The number of amides is 4. The van der Waals surface area contributed by atoms with Crippen molar-refractivity contribution in [1.29, 1.82) is 0 Å². The van der Waals surface area contributed by atoms with Crippen molar-refractivity contribution in [3.05, 3.63) is 0 Å². The second kappa shape index (κ2) is 11.2. The van der Waals surface area contributed by atoms with Gasteiger partial charge in [0.25, 0.3) is 0 Å². The summed E-state index contributed by atoms with van der Waals surface area (Å²) in [5.74, 6) is -0.724. The van der Waals surface area contributed by atoms with Crippen molar-refractivity contribution in [3.63, 3.8) is 0 Å². The van der Waals surface area contributed by atoms with Gasteiger partial charge in [-0.3, -0.25) is 9.59 Å². The molecule has 27 heavy (non-hydrogen) atoms. The number of carbonyl (C=O) groups excluding carboxylic acids is 4. The van der Waals surface area contributed by atoms with Gasteiger partial charge in [-0.2, -0.15) is 0 Å². The molecule has 0 aliphatic heterocycles. The zero-order chi connectivity index (χ0) is 21.1. The topological polar surface area (TPSA) is 135 Å². The van der Waals surface area contributed by atoms with Crippen LogP contribution in [0.1, 0.15) is 48.0 Å². The molecule has 4 amide bonds. The first-order valence-electron chi connectivity index (χ1n) is 8.75. The van der Waals surface area contributed by atoms with Crippen LogP contribution in [0.5, 0.6) is 0 Å². The van der Waals surface area contributed by atoms with Gasteiger partial charge in [-0.05, 0) is 48.0 Å². The Labute approximate surface area is 160 Å². The molecule has 0 aliphatic rings. The van der Waals surface area contributed by atoms with Crippen molar-refractivity contribution >= 4 is 24.0 Å². The number of rotatable bonds is 8. The summed E-state index contributed by atoms with van der Waals surface area (Å²) in [7, 11) is 0. The van der Waals surface area contributed by atoms with Crippen LogP contribution in [0.15, 0.2) is 0 Å². The maximum Gasteiger partial charge on any atom is 0.408 e. The van der Waals surface area contributed by atoms with Gasteiger partial charge in [-0.25, -0.2) is 9.59 Å². The van der Waals surface area contributed by atoms with Gasteiger partial charge in [0.15, 0.2) is 0 Å². The molecule has 10 heteroatoms. The van der Waals surface area contributed by atoms with E-state index in [0.29, 0.717) is 19.5 Å². The lowest BCUT2D eigenvalue weighted by Gasteiger charge is -2.19. The van der Waals surface area contributed by atoms with Gasteiger partial charge >= 0.3 is 12.2 Å². The van der Waals surface area contributed by atoms with E-state index in [4.69, 9.17) is 9.47 Å². The fraction of sp³-hybridized carbons (Fsp3) is 0.765. The molecular weight excluding hydrogens is 356 g/mol. The quantitative estimate of drug-likeness (QED) is 0.451. The second-order valence-corrected chi connectivity index (χ2v) is 7.76. The van der Waals surface area contributed by atoms with Crippen molar-refractivity contribution < 1.29 is 28.7 Å². The standard InChI is InChI=1S/C17H32N4O6/c1-16(2,3)26-14(24)20-10-12(22)18-8-7-9-19-13(23)11-21-15(25)27-17(4,5)6/h7-11H2,1-6H3,(H,18,22)(H,19,23)(H,20,24)(H,21,25). The van der Waals surface area contributed by atoms with Crippen LogP contribution in [0.2, 0.25) is 0 Å². The lowest BCUT2D eigenvalue weighted by atomic mass is 10.2. The number of hydrogen-bond acceptors (Lipinski definition) is 6. The van der Waals surface area contributed by atoms with E-state index in [0.717, 1.165) is 0 Å². The highest BCUT2D eigenvalue weighted by Crippen LogP contribution is 2.06. The predicted octanol–water partition coefficient (Wildman–Crippen LogP) is 0.658. The molecule has 0 rings (SSSR count). The Morgan fingerprint density at radius 2 is 0.963 bits per heavy atom. The molecule has 0 aromatic carbocycles.